The molecule has 15 heavy (non-hydrogen) atoms. The Bertz CT molecular complexity index is 615. The highest BCUT2D eigenvalue weighted by atomic mass is 79.9. The first kappa shape index (κ1) is 10.7. The van der Waals surface area contributed by atoms with Crippen molar-refractivity contribution in [2.24, 2.45) is 0 Å². The van der Waals surface area contributed by atoms with Gasteiger partial charge in [0.25, 0.3) is 0 Å². The van der Waals surface area contributed by atoms with Crippen LogP contribution in [0.3, 0.4) is 0 Å². The summed E-state index contributed by atoms with van der Waals surface area (Å²) in [5.41, 5.74) is 2.78. The summed E-state index contributed by atoms with van der Waals surface area (Å²) in [6, 6.07) is 0. The molecule has 0 aliphatic rings. The van der Waals surface area contributed by atoms with Gasteiger partial charge in [0.1, 0.15) is 0 Å². The van der Waals surface area contributed by atoms with Crippen LogP contribution in [0.2, 0.25) is 0 Å². The standard InChI is InChI=1S/C10H6Br2S3/c1-3-5-7(14-9(3)11)8-6(13-5)4(2)10(12)15-8/h1-2H3. The van der Waals surface area contributed by atoms with Crippen molar-refractivity contribution in [1.29, 1.82) is 0 Å². The van der Waals surface area contributed by atoms with E-state index in [1.807, 2.05) is 34.0 Å². The molecule has 0 nitrogen and oxygen atoms in total. The van der Waals surface area contributed by atoms with Gasteiger partial charge in [0, 0.05) is 0 Å². The van der Waals surface area contributed by atoms with E-state index in [0.29, 0.717) is 0 Å². The van der Waals surface area contributed by atoms with Crippen LogP contribution < -0.4 is 0 Å². The zero-order chi connectivity index (χ0) is 10.7. The molecule has 0 amide bonds. The van der Waals surface area contributed by atoms with Crippen LogP contribution in [0.4, 0.5) is 0 Å². The minimum Gasteiger partial charge on any atom is -0.133 e. The van der Waals surface area contributed by atoms with Crippen molar-refractivity contribution in [3.63, 3.8) is 0 Å². The Morgan fingerprint density at radius 1 is 0.667 bits per heavy atom. The third kappa shape index (κ3) is 1.40. The lowest BCUT2D eigenvalue weighted by molar-refractivity contribution is 1.59. The smallest absolute Gasteiger partial charge is 0.0749 e. The minimum atomic E-state index is 1.27. The molecule has 5 heteroatoms. The average molecular weight is 382 g/mol. The number of thiophene rings is 3. The Hall–Kier alpha value is 0.580. The van der Waals surface area contributed by atoms with Crippen LogP contribution in [0.25, 0.3) is 18.8 Å². The van der Waals surface area contributed by atoms with Gasteiger partial charge in [-0.15, -0.1) is 34.0 Å². The zero-order valence-corrected chi connectivity index (χ0v) is 13.6. The molecule has 0 atom stereocenters. The molecule has 0 fully saturated rings. The normalized spacial score (nSPS) is 12.0. The van der Waals surface area contributed by atoms with Gasteiger partial charge in [0.2, 0.25) is 0 Å². The summed E-state index contributed by atoms with van der Waals surface area (Å²) in [4.78, 5) is 0. The van der Waals surface area contributed by atoms with E-state index in [1.54, 1.807) is 0 Å². The van der Waals surface area contributed by atoms with E-state index in [0.717, 1.165) is 0 Å². The number of hydrogen-bond acceptors (Lipinski definition) is 3. The van der Waals surface area contributed by atoms with E-state index < -0.39 is 0 Å². The Labute approximate surface area is 116 Å². The lowest BCUT2D eigenvalue weighted by atomic mass is 10.3. The number of hydrogen-bond donors (Lipinski definition) is 0. The third-order valence-electron chi connectivity index (χ3n) is 2.48. The highest BCUT2D eigenvalue weighted by Gasteiger charge is 2.17. The molecule has 0 aromatic carbocycles. The molecule has 0 unspecified atom stereocenters. The van der Waals surface area contributed by atoms with Crippen molar-refractivity contribution >= 4 is 84.7 Å². The summed E-state index contributed by atoms with van der Waals surface area (Å²) in [7, 11) is 0. The Morgan fingerprint density at radius 2 is 1.07 bits per heavy atom. The molecule has 0 spiro atoms. The van der Waals surface area contributed by atoms with Gasteiger partial charge in [-0.2, -0.15) is 0 Å². The number of aryl methyl sites for hydroxylation is 2. The molecule has 0 bridgehead atoms. The first-order valence-electron chi connectivity index (χ1n) is 4.35. The first-order chi connectivity index (χ1) is 7.09. The summed E-state index contributed by atoms with van der Waals surface area (Å²) < 4.78 is 8.32. The highest BCUT2D eigenvalue weighted by molar-refractivity contribution is 9.11. The summed E-state index contributed by atoms with van der Waals surface area (Å²) in [5, 5.41) is 0. The van der Waals surface area contributed by atoms with Crippen LogP contribution in [0.1, 0.15) is 11.1 Å². The molecule has 0 N–H and O–H groups in total. The maximum atomic E-state index is 3.62. The van der Waals surface area contributed by atoms with Gasteiger partial charge in [0.05, 0.1) is 26.4 Å². The molecule has 0 saturated heterocycles. The fourth-order valence-electron chi connectivity index (χ4n) is 1.59. The van der Waals surface area contributed by atoms with Crippen molar-refractivity contribution in [1.82, 2.24) is 0 Å². The van der Waals surface area contributed by atoms with Gasteiger partial charge >= 0.3 is 0 Å². The van der Waals surface area contributed by atoms with Crippen LogP contribution in [-0.2, 0) is 0 Å². The summed E-state index contributed by atoms with van der Waals surface area (Å²) in [6.45, 7) is 4.38. The maximum Gasteiger partial charge on any atom is 0.0749 e. The van der Waals surface area contributed by atoms with Crippen LogP contribution in [0.15, 0.2) is 7.57 Å². The molecule has 3 aromatic rings. The highest BCUT2D eigenvalue weighted by Crippen LogP contribution is 2.50. The predicted molar refractivity (Wildman–Crippen MR) is 80.0 cm³/mol. The molecule has 3 rings (SSSR count). The fourth-order valence-corrected chi connectivity index (χ4v) is 7.08. The monoisotopic (exact) mass is 380 g/mol. The average Bonchev–Trinajstić information content (AvgIpc) is 2.75. The van der Waals surface area contributed by atoms with Crippen LogP contribution in [0, 0.1) is 13.8 Å². The fraction of sp³-hybridized carbons (Fsp3) is 0.200. The first-order valence-corrected chi connectivity index (χ1v) is 8.39. The van der Waals surface area contributed by atoms with Crippen LogP contribution in [0.5, 0.6) is 0 Å². The second-order valence-electron chi connectivity index (χ2n) is 3.42. The second-order valence-corrected chi connectivity index (χ2v) is 9.12. The molecule has 3 heterocycles. The summed E-state index contributed by atoms with van der Waals surface area (Å²) >= 11 is 12.9. The molecule has 0 aliphatic carbocycles. The predicted octanol–water partition coefficient (Wildman–Crippen LogP) is 6.32. The van der Waals surface area contributed by atoms with Crippen molar-refractivity contribution < 1.29 is 0 Å². The SMILES string of the molecule is Cc1c(Br)sc2c1sc1c(C)c(Br)sc12. The Morgan fingerprint density at radius 3 is 1.47 bits per heavy atom. The Balaban J connectivity index is 2.57. The van der Waals surface area contributed by atoms with Crippen molar-refractivity contribution in [3.05, 3.63) is 18.7 Å². The number of rotatable bonds is 0. The van der Waals surface area contributed by atoms with E-state index in [1.165, 1.54) is 37.5 Å². The van der Waals surface area contributed by atoms with Crippen molar-refractivity contribution in [3.8, 4) is 0 Å². The largest absolute Gasteiger partial charge is 0.133 e. The van der Waals surface area contributed by atoms with E-state index in [2.05, 4.69) is 45.7 Å². The van der Waals surface area contributed by atoms with Gasteiger partial charge in [0.15, 0.2) is 0 Å². The van der Waals surface area contributed by atoms with Gasteiger partial charge in [-0.05, 0) is 56.8 Å². The van der Waals surface area contributed by atoms with Gasteiger partial charge in [-0.1, -0.05) is 0 Å². The third-order valence-corrected chi connectivity index (χ3v) is 8.65. The quantitative estimate of drug-likeness (QED) is 0.427. The number of halogens is 2. The van der Waals surface area contributed by atoms with Gasteiger partial charge < -0.3 is 0 Å². The van der Waals surface area contributed by atoms with E-state index >= 15 is 0 Å². The molecule has 0 saturated carbocycles. The second kappa shape index (κ2) is 3.53. The zero-order valence-electron chi connectivity index (χ0n) is 7.98. The topological polar surface area (TPSA) is 0 Å². The van der Waals surface area contributed by atoms with Crippen molar-refractivity contribution in [2.75, 3.05) is 0 Å². The van der Waals surface area contributed by atoms with Crippen molar-refractivity contribution in [2.45, 2.75) is 13.8 Å². The van der Waals surface area contributed by atoms with E-state index in [-0.39, 0.29) is 0 Å². The molecular formula is C10H6Br2S3. The summed E-state index contributed by atoms with van der Waals surface area (Å²) in [6.07, 6.45) is 0. The molecule has 3 aromatic heterocycles. The summed E-state index contributed by atoms with van der Waals surface area (Å²) in [5.74, 6) is 0. The molecule has 78 valence electrons. The molecule has 0 radical (unpaired) electrons. The number of fused-ring (bicyclic) bond motifs is 3. The van der Waals surface area contributed by atoms with Gasteiger partial charge in [-0.3, -0.25) is 0 Å². The lowest BCUT2D eigenvalue weighted by Crippen LogP contribution is -1.61. The maximum absolute atomic E-state index is 3.62. The van der Waals surface area contributed by atoms with Gasteiger partial charge in [-0.25, -0.2) is 0 Å². The van der Waals surface area contributed by atoms with Crippen LogP contribution in [-0.4, -0.2) is 0 Å². The molecular weight excluding hydrogens is 376 g/mol. The van der Waals surface area contributed by atoms with E-state index in [4.69, 9.17) is 0 Å². The lowest BCUT2D eigenvalue weighted by Gasteiger charge is -1.86. The van der Waals surface area contributed by atoms with E-state index in [9.17, 15) is 0 Å². The Kier molecular flexibility index (Phi) is 2.53. The van der Waals surface area contributed by atoms with Crippen LogP contribution >= 0.6 is 65.9 Å². The minimum absolute atomic E-state index is 1.27. The molecule has 0 aliphatic heterocycles.